The molecule has 15 heavy (non-hydrogen) atoms. The van der Waals surface area contributed by atoms with Crippen molar-refractivity contribution >= 4 is 0 Å². The molecule has 84 valence electrons. The Balaban J connectivity index is 2.40. The lowest BCUT2D eigenvalue weighted by Crippen LogP contribution is -2.26. The lowest BCUT2D eigenvalue weighted by atomic mass is 9.67. The summed E-state index contributed by atoms with van der Waals surface area (Å²) in [5, 5.41) is 0. The highest BCUT2D eigenvalue weighted by Crippen LogP contribution is 2.52. The second-order valence-corrected chi connectivity index (χ2v) is 6.45. The van der Waals surface area contributed by atoms with E-state index in [4.69, 9.17) is 0 Å². The van der Waals surface area contributed by atoms with Crippen molar-refractivity contribution in [3.63, 3.8) is 0 Å². The highest BCUT2D eigenvalue weighted by Gasteiger charge is 2.39. The monoisotopic (exact) mass is 204 g/mol. The van der Waals surface area contributed by atoms with Crippen molar-refractivity contribution in [1.82, 2.24) is 0 Å². The summed E-state index contributed by atoms with van der Waals surface area (Å²) in [5.74, 6) is 1.76. The second-order valence-electron chi connectivity index (χ2n) is 6.45. The predicted octanol–water partition coefficient (Wildman–Crippen LogP) is 4.73. The Hall–Kier alpha value is -0.520. The van der Waals surface area contributed by atoms with E-state index in [0.717, 1.165) is 11.8 Å². The number of fused-ring (bicyclic) bond motifs is 1. The summed E-state index contributed by atoms with van der Waals surface area (Å²) in [5.41, 5.74) is 5.17. The minimum atomic E-state index is 0.487. The number of hydrogen-bond donors (Lipinski definition) is 0. The first kappa shape index (κ1) is 11.0. The Kier molecular flexibility index (Phi) is 2.56. The van der Waals surface area contributed by atoms with E-state index in [0.29, 0.717) is 5.41 Å². The van der Waals surface area contributed by atoms with Gasteiger partial charge in [-0.15, -0.1) is 0 Å². The van der Waals surface area contributed by atoms with Crippen LogP contribution >= 0.6 is 0 Å². The van der Waals surface area contributed by atoms with Crippen molar-refractivity contribution in [3.05, 3.63) is 23.3 Å². The maximum absolute atomic E-state index is 4.17. The van der Waals surface area contributed by atoms with E-state index < -0.39 is 0 Å². The van der Waals surface area contributed by atoms with E-state index in [1.807, 2.05) is 0 Å². The van der Waals surface area contributed by atoms with Crippen LogP contribution in [0.3, 0.4) is 0 Å². The summed E-state index contributed by atoms with van der Waals surface area (Å²) in [6.07, 6.45) is 5.37. The van der Waals surface area contributed by atoms with Gasteiger partial charge in [-0.2, -0.15) is 0 Å². The lowest BCUT2D eigenvalue weighted by Gasteiger charge is -2.38. The van der Waals surface area contributed by atoms with E-state index in [2.05, 4.69) is 34.3 Å². The zero-order valence-corrected chi connectivity index (χ0v) is 10.7. The molecule has 0 heteroatoms. The molecule has 0 amide bonds. The highest BCUT2D eigenvalue weighted by atomic mass is 14.4. The second kappa shape index (κ2) is 3.50. The van der Waals surface area contributed by atoms with Crippen molar-refractivity contribution in [2.75, 3.05) is 0 Å². The van der Waals surface area contributed by atoms with Crippen molar-refractivity contribution < 1.29 is 0 Å². The van der Waals surface area contributed by atoms with Gasteiger partial charge in [0, 0.05) is 0 Å². The van der Waals surface area contributed by atoms with E-state index in [9.17, 15) is 0 Å². The summed E-state index contributed by atoms with van der Waals surface area (Å²) in [4.78, 5) is 0. The molecule has 0 saturated heterocycles. The fourth-order valence-corrected chi connectivity index (χ4v) is 3.50. The minimum Gasteiger partial charge on any atom is -0.0958 e. The average molecular weight is 204 g/mol. The zero-order chi connectivity index (χ0) is 11.2. The first-order valence-electron chi connectivity index (χ1n) is 6.28. The highest BCUT2D eigenvalue weighted by molar-refractivity contribution is 5.38. The van der Waals surface area contributed by atoms with E-state index in [1.165, 1.54) is 31.3 Å². The smallest absolute Gasteiger partial charge is 0.0166 e. The Labute approximate surface area is 94.5 Å². The van der Waals surface area contributed by atoms with Crippen LogP contribution in [0.5, 0.6) is 0 Å². The molecule has 0 bridgehead atoms. The van der Waals surface area contributed by atoms with Gasteiger partial charge in [-0.05, 0) is 55.4 Å². The van der Waals surface area contributed by atoms with Crippen LogP contribution in [0.15, 0.2) is 23.3 Å². The molecule has 0 N–H and O–H groups in total. The molecule has 0 aliphatic heterocycles. The number of rotatable bonds is 1. The van der Waals surface area contributed by atoms with Gasteiger partial charge in [-0.3, -0.25) is 0 Å². The lowest BCUT2D eigenvalue weighted by molar-refractivity contribution is 0.237. The van der Waals surface area contributed by atoms with Crippen LogP contribution in [-0.2, 0) is 0 Å². The van der Waals surface area contributed by atoms with Gasteiger partial charge in [-0.1, -0.05) is 38.5 Å². The Bertz CT molecular complexity index is 317. The van der Waals surface area contributed by atoms with Gasteiger partial charge >= 0.3 is 0 Å². The van der Waals surface area contributed by atoms with Crippen LogP contribution in [-0.4, -0.2) is 0 Å². The van der Waals surface area contributed by atoms with Gasteiger partial charge in [-0.25, -0.2) is 0 Å². The molecule has 1 fully saturated rings. The van der Waals surface area contributed by atoms with Crippen molar-refractivity contribution in [1.29, 1.82) is 0 Å². The van der Waals surface area contributed by atoms with Gasteiger partial charge in [0.2, 0.25) is 0 Å². The third-order valence-corrected chi connectivity index (χ3v) is 4.33. The standard InChI is InChI=1S/C15H24/c1-10(2)13-8-15(4,5)9-14-11(3)6-7-12(13)14/h11,14H,1,6-9H2,2-5H3/t11-,14+/m0/s1. The van der Waals surface area contributed by atoms with Crippen LogP contribution < -0.4 is 0 Å². The average Bonchev–Trinajstić information content (AvgIpc) is 2.45. The molecule has 2 rings (SSSR count). The number of hydrogen-bond acceptors (Lipinski definition) is 0. The molecule has 0 aromatic heterocycles. The van der Waals surface area contributed by atoms with Gasteiger partial charge in [0.15, 0.2) is 0 Å². The van der Waals surface area contributed by atoms with Crippen molar-refractivity contribution in [2.24, 2.45) is 17.3 Å². The van der Waals surface area contributed by atoms with Crippen molar-refractivity contribution in [3.8, 4) is 0 Å². The molecule has 0 radical (unpaired) electrons. The number of allylic oxidation sites excluding steroid dienone is 3. The third-order valence-electron chi connectivity index (χ3n) is 4.33. The van der Waals surface area contributed by atoms with E-state index in [1.54, 1.807) is 11.1 Å². The maximum atomic E-state index is 4.17. The minimum absolute atomic E-state index is 0.487. The molecule has 0 spiro atoms. The van der Waals surface area contributed by atoms with Crippen molar-refractivity contribution in [2.45, 2.75) is 53.4 Å². The Morgan fingerprint density at radius 2 is 2.07 bits per heavy atom. The molecule has 0 aromatic carbocycles. The molecule has 1 saturated carbocycles. The SMILES string of the molecule is C=C(C)C1=C2CC[C@H](C)[C@H]2CC(C)(C)C1. The Morgan fingerprint density at radius 1 is 1.40 bits per heavy atom. The third kappa shape index (κ3) is 1.91. The van der Waals surface area contributed by atoms with Crippen LogP contribution in [0.25, 0.3) is 0 Å². The fraction of sp³-hybridized carbons (Fsp3) is 0.733. The largest absolute Gasteiger partial charge is 0.0958 e. The van der Waals surface area contributed by atoms with Crippen LogP contribution in [0, 0.1) is 17.3 Å². The maximum Gasteiger partial charge on any atom is -0.0166 e. The molecule has 0 aromatic rings. The van der Waals surface area contributed by atoms with Crippen LogP contribution in [0.4, 0.5) is 0 Å². The summed E-state index contributed by atoms with van der Waals surface area (Å²) in [7, 11) is 0. The van der Waals surface area contributed by atoms with Gasteiger partial charge in [0.25, 0.3) is 0 Å². The van der Waals surface area contributed by atoms with Crippen LogP contribution in [0.1, 0.15) is 53.4 Å². The normalized spacial score (nSPS) is 34.1. The van der Waals surface area contributed by atoms with Gasteiger partial charge < -0.3 is 0 Å². The summed E-state index contributed by atoms with van der Waals surface area (Å²) < 4.78 is 0. The molecular weight excluding hydrogens is 180 g/mol. The summed E-state index contributed by atoms with van der Waals surface area (Å²) in [6.45, 7) is 13.6. The fourth-order valence-electron chi connectivity index (χ4n) is 3.50. The zero-order valence-electron chi connectivity index (χ0n) is 10.7. The van der Waals surface area contributed by atoms with E-state index in [-0.39, 0.29) is 0 Å². The summed E-state index contributed by atoms with van der Waals surface area (Å²) in [6, 6.07) is 0. The first-order chi connectivity index (χ1) is 6.91. The molecule has 2 aliphatic carbocycles. The molecular formula is C15H24. The van der Waals surface area contributed by atoms with Gasteiger partial charge in [0.05, 0.1) is 0 Å². The Morgan fingerprint density at radius 3 is 2.67 bits per heavy atom. The predicted molar refractivity (Wildman–Crippen MR) is 66.7 cm³/mol. The topological polar surface area (TPSA) is 0 Å². The molecule has 0 heterocycles. The molecule has 2 aliphatic rings. The van der Waals surface area contributed by atoms with Gasteiger partial charge in [0.1, 0.15) is 0 Å². The molecule has 2 atom stereocenters. The summed E-state index contributed by atoms with van der Waals surface area (Å²) >= 11 is 0. The van der Waals surface area contributed by atoms with Crippen LogP contribution in [0.2, 0.25) is 0 Å². The first-order valence-corrected chi connectivity index (χ1v) is 6.28. The molecule has 0 unspecified atom stereocenters. The van der Waals surface area contributed by atoms with E-state index >= 15 is 0 Å². The molecule has 0 nitrogen and oxygen atoms in total. The quantitative estimate of drug-likeness (QED) is 0.579.